The van der Waals surface area contributed by atoms with E-state index in [9.17, 15) is 4.79 Å². The number of alkyl carbamates (subject to hydrolysis) is 1. The molecule has 0 radical (unpaired) electrons. The first kappa shape index (κ1) is 16.3. The van der Waals surface area contributed by atoms with Gasteiger partial charge in [-0.1, -0.05) is 46.9 Å². The number of ether oxygens (including phenoxy) is 3. The molecule has 0 unspecified atom stereocenters. The van der Waals surface area contributed by atoms with Crippen LogP contribution in [0.3, 0.4) is 0 Å². The van der Waals surface area contributed by atoms with E-state index in [1.807, 2.05) is 0 Å². The summed E-state index contributed by atoms with van der Waals surface area (Å²) < 4.78 is 14.1. The predicted octanol–water partition coefficient (Wildman–Crippen LogP) is 4.01. The lowest BCUT2D eigenvalue weighted by Crippen LogP contribution is -2.64. The second-order valence-corrected chi connectivity index (χ2v) is 7.67. The molecule has 0 spiro atoms. The van der Waals surface area contributed by atoms with Crippen molar-refractivity contribution in [3.05, 3.63) is 24.3 Å². The highest BCUT2D eigenvalue weighted by molar-refractivity contribution is 6.68. The van der Waals surface area contributed by atoms with Crippen molar-refractivity contribution in [2.75, 3.05) is 0 Å². The highest BCUT2D eigenvalue weighted by Crippen LogP contribution is 2.48. The third-order valence-corrected chi connectivity index (χ3v) is 3.14. The topological polar surface area (TPSA) is 56.8 Å². The molecule has 0 saturated carbocycles. The Balaban J connectivity index is 2.25. The summed E-state index contributed by atoms with van der Waals surface area (Å²) in [6.07, 6.45) is -0.832. The summed E-state index contributed by atoms with van der Waals surface area (Å²) in [5.74, 6) is -1.30. The third kappa shape index (κ3) is 3.59. The zero-order valence-electron chi connectivity index (χ0n) is 11.6. The first-order chi connectivity index (χ1) is 9.52. The highest BCUT2D eigenvalue weighted by Gasteiger charge is 2.60. The van der Waals surface area contributed by atoms with Gasteiger partial charge in [-0.2, -0.15) is 0 Å². The number of halogens is 3. The Kier molecular flexibility index (Phi) is 4.12. The Morgan fingerprint density at radius 1 is 1.14 bits per heavy atom. The van der Waals surface area contributed by atoms with Gasteiger partial charge in [0.1, 0.15) is 5.60 Å². The first-order valence-electron chi connectivity index (χ1n) is 6.07. The van der Waals surface area contributed by atoms with Crippen LogP contribution in [-0.4, -0.2) is 21.4 Å². The van der Waals surface area contributed by atoms with Gasteiger partial charge in [0.05, 0.1) is 0 Å². The normalized spacial score (nSPS) is 16.5. The highest BCUT2D eigenvalue weighted by atomic mass is 35.6. The number of nitrogens with one attached hydrogen (secondary N) is 1. The van der Waals surface area contributed by atoms with Crippen LogP contribution in [0.2, 0.25) is 0 Å². The Hall–Kier alpha value is -1.04. The van der Waals surface area contributed by atoms with Crippen molar-refractivity contribution in [3.63, 3.8) is 0 Å². The number of alkyl halides is 3. The maximum absolute atomic E-state index is 11.9. The molecule has 0 aromatic heterocycles. The summed E-state index contributed by atoms with van der Waals surface area (Å²) in [4.78, 5) is 11.9. The van der Waals surface area contributed by atoms with E-state index in [-0.39, 0.29) is 0 Å². The molecule has 0 bridgehead atoms. The molecule has 1 aromatic carbocycles. The lowest BCUT2D eigenvalue weighted by atomic mass is 10.2. The monoisotopic (exact) mass is 353 g/mol. The van der Waals surface area contributed by atoms with E-state index in [2.05, 4.69) is 5.32 Å². The van der Waals surface area contributed by atoms with Gasteiger partial charge in [-0.3, -0.25) is 0 Å². The number of carbonyl (C=O) groups is 1. The van der Waals surface area contributed by atoms with E-state index >= 15 is 0 Å². The fraction of sp³-hybridized carbons (Fsp3) is 0.462. The Labute approximate surface area is 137 Å². The van der Waals surface area contributed by atoms with E-state index in [0.29, 0.717) is 11.5 Å². The third-order valence-electron chi connectivity index (χ3n) is 2.40. The van der Waals surface area contributed by atoms with Crippen LogP contribution in [0.15, 0.2) is 24.3 Å². The lowest BCUT2D eigenvalue weighted by Gasteiger charge is -2.34. The predicted molar refractivity (Wildman–Crippen MR) is 80.1 cm³/mol. The van der Waals surface area contributed by atoms with Crippen LogP contribution >= 0.6 is 34.8 Å². The average molecular weight is 355 g/mol. The molecule has 116 valence electrons. The van der Waals surface area contributed by atoms with Crippen LogP contribution in [0.25, 0.3) is 0 Å². The number of carbonyl (C=O) groups excluding carboxylic acids is 1. The van der Waals surface area contributed by atoms with Crippen LogP contribution < -0.4 is 14.8 Å². The second kappa shape index (κ2) is 5.30. The lowest BCUT2D eigenvalue weighted by molar-refractivity contribution is -0.103. The number of rotatable bonds is 1. The molecule has 1 N–H and O–H groups in total. The van der Waals surface area contributed by atoms with Gasteiger partial charge in [0.15, 0.2) is 11.5 Å². The SMILES string of the molecule is CC(C)(C)OC(=O)NC1(C(Cl)(Cl)Cl)Oc2ccccc2O1. The minimum Gasteiger partial charge on any atom is -0.444 e. The molecule has 5 nitrogen and oxygen atoms in total. The minimum atomic E-state index is -2.08. The van der Waals surface area contributed by atoms with E-state index in [1.54, 1.807) is 45.0 Å². The van der Waals surface area contributed by atoms with Crippen LogP contribution in [0, 0.1) is 0 Å². The van der Waals surface area contributed by atoms with Gasteiger partial charge in [-0.25, -0.2) is 10.1 Å². The molecular weight excluding hydrogens is 341 g/mol. The summed E-state index contributed by atoms with van der Waals surface area (Å²) >= 11 is 17.7. The van der Waals surface area contributed by atoms with Crippen molar-refractivity contribution in [2.45, 2.75) is 36.1 Å². The second-order valence-electron chi connectivity index (χ2n) is 5.39. The molecule has 1 aliphatic heterocycles. The fourth-order valence-corrected chi connectivity index (χ4v) is 2.00. The number of hydrogen-bond acceptors (Lipinski definition) is 4. The molecule has 1 aromatic rings. The maximum atomic E-state index is 11.9. The molecule has 1 heterocycles. The molecule has 0 fully saturated rings. The van der Waals surface area contributed by atoms with Crippen molar-refractivity contribution >= 4 is 40.9 Å². The van der Waals surface area contributed by atoms with E-state index < -0.39 is 21.4 Å². The van der Waals surface area contributed by atoms with Gasteiger partial charge in [0, 0.05) is 0 Å². The van der Waals surface area contributed by atoms with Crippen LogP contribution in [0.1, 0.15) is 20.8 Å². The van der Waals surface area contributed by atoms with Crippen molar-refractivity contribution in [1.82, 2.24) is 5.32 Å². The van der Waals surface area contributed by atoms with Gasteiger partial charge >= 0.3 is 12.0 Å². The minimum absolute atomic E-state index is 0.347. The first-order valence-corrected chi connectivity index (χ1v) is 7.21. The van der Waals surface area contributed by atoms with Crippen LogP contribution in [-0.2, 0) is 4.74 Å². The Bertz CT molecular complexity index is 526. The summed E-state index contributed by atoms with van der Waals surface area (Å²) in [5.41, 5.74) is -0.718. The Morgan fingerprint density at radius 3 is 2.00 bits per heavy atom. The standard InChI is InChI=1S/C13H14Cl3NO4/c1-11(2,3)21-10(18)17-13(12(14,15)16)19-8-6-4-5-7-9(8)20-13/h4-7H,1-3H3,(H,17,18). The van der Waals surface area contributed by atoms with Gasteiger partial charge in [-0.15, -0.1) is 0 Å². The zero-order valence-corrected chi connectivity index (χ0v) is 13.8. The average Bonchev–Trinajstić information content (AvgIpc) is 2.64. The number of hydrogen-bond donors (Lipinski definition) is 1. The molecule has 8 heteroatoms. The fourth-order valence-electron chi connectivity index (χ4n) is 1.62. The molecule has 0 saturated heterocycles. The van der Waals surface area contributed by atoms with Crippen LogP contribution in [0.5, 0.6) is 11.5 Å². The largest absolute Gasteiger partial charge is 0.444 e. The van der Waals surface area contributed by atoms with Crippen molar-refractivity contribution in [3.8, 4) is 11.5 Å². The number of para-hydroxylation sites is 2. The molecular formula is C13H14Cl3NO4. The molecule has 1 amide bonds. The quantitative estimate of drug-likeness (QED) is 0.774. The molecule has 0 aliphatic carbocycles. The van der Waals surface area contributed by atoms with Gasteiger partial charge in [-0.05, 0) is 32.9 Å². The van der Waals surface area contributed by atoms with Crippen molar-refractivity contribution in [1.29, 1.82) is 0 Å². The summed E-state index contributed by atoms with van der Waals surface area (Å²) in [6, 6.07) is 6.71. The van der Waals surface area contributed by atoms with Crippen LogP contribution in [0.4, 0.5) is 4.79 Å². The summed E-state index contributed by atoms with van der Waals surface area (Å²) in [7, 11) is 0. The molecule has 2 rings (SSSR count). The number of amides is 1. The van der Waals surface area contributed by atoms with Gasteiger partial charge in [0.25, 0.3) is 3.79 Å². The van der Waals surface area contributed by atoms with E-state index in [0.717, 1.165) is 0 Å². The number of fused-ring (bicyclic) bond motifs is 1. The van der Waals surface area contributed by atoms with E-state index in [1.165, 1.54) is 0 Å². The van der Waals surface area contributed by atoms with Crippen molar-refractivity contribution in [2.24, 2.45) is 0 Å². The smallest absolute Gasteiger partial charge is 0.413 e. The summed E-state index contributed by atoms with van der Waals surface area (Å²) in [6.45, 7) is 5.12. The van der Waals surface area contributed by atoms with Crippen molar-refractivity contribution < 1.29 is 19.0 Å². The van der Waals surface area contributed by atoms with Gasteiger partial charge in [0.2, 0.25) is 0 Å². The Morgan fingerprint density at radius 2 is 1.62 bits per heavy atom. The van der Waals surface area contributed by atoms with Gasteiger partial charge < -0.3 is 14.2 Å². The molecule has 1 aliphatic rings. The molecule has 21 heavy (non-hydrogen) atoms. The van der Waals surface area contributed by atoms with E-state index in [4.69, 9.17) is 49.0 Å². The zero-order chi connectivity index (χ0) is 15.9. The maximum Gasteiger partial charge on any atom is 0.413 e. The summed E-state index contributed by atoms with van der Waals surface area (Å²) in [5, 5.41) is 2.33. The molecule has 0 atom stereocenters. The number of benzene rings is 1.